The Labute approximate surface area is 148 Å². The van der Waals surface area contributed by atoms with E-state index in [1.165, 1.54) is 0 Å². The number of anilines is 4. The molecule has 25 heavy (non-hydrogen) atoms. The minimum absolute atomic E-state index is 0.512. The fourth-order valence-electron chi connectivity index (χ4n) is 2.15. The molecule has 2 aromatic rings. The number of nitrogens with one attached hydrogen (secondary N) is 2. The number of hydrogen-bond donors (Lipinski definition) is 3. The Hall–Kier alpha value is -2.89. The van der Waals surface area contributed by atoms with Gasteiger partial charge in [-0.3, -0.25) is 5.32 Å². The summed E-state index contributed by atoms with van der Waals surface area (Å²) in [6.07, 6.45) is -0.512. The molecule has 2 aromatic carbocycles. The van der Waals surface area contributed by atoms with Crippen LogP contribution in [-0.4, -0.2) is 18.3 Å². The maximum Gasteiger partial charge on any atom is 0.412 e. The molecule has 0 aliphatic rings. The molecular weight excluding hydrogens is 318 g/mol. The van der Waals surface area contributed by atoms with Crippen molar-refractivity contribution in [3.8, 4) is 5.75 Å². The van der Waals surface area contributed by atoms with Crippen LogP contribution >= 0.6 is 0 Å². The molecular formula is C19H25N3O3. The van der Waals surface area contributed by atoms with Crippen molar-refractivity contribution in [2.75, 3.05) is 23.0 Å². The summed E-state index contributed by atoms with van der Waals surface area (Å²) in [4.78, 5) is 11.9. The summed E-state index contributed by atoms with van der Waals surface area (Å²) in [6, 6.07) is 12.8. The zero-order chi connectivity index (χ0) is 18.4. The highest BCUT2D eigenvalue weighted by Gasteiger charge is 2.16. The van der Waals surface area contributed by atoms with Gasteiger partial charge in [0, 0.05) is 17.4 Å². The number of nitrogens with two attached hydrogens (primary N) is 1. The van der Waals surface area contributed by atoms with Gasteiger partial charge < -0.3 is 20.5 Å². The highest BCUT2D eigenvalue weighted by atomic mass is 16.6. The fraction of sp³-hybridized carbons (Fsp3) is 0.316. The number of benzene rings is 2. The Bertz CT molecular complexity index is 739. The first kappa shape index (κ1) is 18.4. The van der Waals surface area contributed by atoms with E-state index in [1.807, 2.05) is 52.0 Å². The lowest BCUT2D eigenvalue weighted by Crippen LogP contribution is -2.27. The smallest absolute Gasteiger partial charge is 0.412 e. The van der Waals surface area contributed by atoms with Gasteiger partial charge in [-0.25, -0.2) is 4.79 Å². The van der Waals surface area contributed by atoms with Crippen LogP contribution in [0.15, 0.2) is 42.5 Å². The largest absolute Gasteiger partial charge is 0.494 e. The predicted octanol–water partition coefficient (Wildman–Crippen LogP) is 4.76. The molecule has 0 aliphatic heterocycles. The average molecular weight is 343 g/mol. The summed E-state index contributed by atoms with van der Waals surface area (Å²) in [6.45, 7) is 7.97. The van der Waals surface area contributed by atoms with Crippen molar-refractivity contribution in [2.45, 2.75) is 33.3 Å². The Morgan fingerprint density at radius 3 is 2.56 bits per heavy atom. The first-order chi connectivity index (χ1) is 11.8. The molecule has 0 spiro atoms. The summed E-state index contributed by atoms with van der Waals surface area (Å²) < 4.78 is 10.7. The van der Waals surface area contributed by atoms with Gasteiger partial charge in [-0.15, -0.1) is 0 Å². The Morgan fingerprint density at radius 2 is 1.88 bits per heavy atom. The molecule has 0 radical (unpaired) electrons. The minimum atomic E-state index is -0.557. The van der Waals surface area contributed by atoms with Gasteiger partial charge >= 0.3 is 6.09 Å². The summed E-state index contributed by atoms with van der Waals surface area (Å²) in [5.41, 5.74) is 8.15. The number of carbonyl (C=O) groups is 1. The van der Waals surface area contributed by atoms with Gasteiger partial charge in [-0.1, -0.05) is 6.07 Å². The molecule has 0 fully saturated rings. The molecule has 0 unspecified atom stereocenters. The van der Waals surface area contributed by atoms with Crippen molar-refractivity contribution in [1.29, 1.82) is 0 Å². The van der Waals surface area contributed by atoms with E-state index < -0.39 is 11.7 Å². The molecule has 6 heteroatoms. The number of ether oxygens (including phenoxy) is 2. The molecule has 0 heterocycles. The SMILES string of the molecule is CCOc1cccc(Nc2cc(NC(=O)OC(C)(C)C)ccc2N)c1. The van der Waals surface area contributed by atoms with Crippen molar-refractivity contribution >= 4 is 28.8 Å². The van der Waals surface area contributed by atoms with Crippen LogP contribution in [0.4, 0.5) is 27.5 Å². The fourth-order valence-corrected chi connectivity index (χ4v) is 2.15. The van der Waals surface area contributed by atoms with E-state index >= 15 is 0 Å². The lowest BCUT2D eigenvalue weighted by molar-refractivity contribution is 0.0636. The Kier molecular flexibility index (Phi) is 5.75. The van der Waals surface area contributed by atoms with E-state index in [-0.39, 0.29) is 0 Å². The Morgan fingerprint density at radius 1 is 1.12 bits per heavy atom. The van der Waals surface area contributed by atoms with Gasteiger partial charge in [-0.05, 0) is 58.0 Å². The van der Waals surface area contributed by atoms with Gasteiger partial charge in [0.2, 0.25) is 0 Å². The molecule has 0 aromatic heterocycles. The molecule has 0 aliphatic carbocycles. The van der Waals surface area contributed by atoms with E-state index in [0.29, 0.717) is 23.7 Å². The first-order valence-corrected chi connectivity index (χ1v) is 8.16. The number of amides is 1. The van der Waals surface area contributed by atoms with Gasteiger partial charge in [0.25, 0.3) is 0 Å². The lowest BCUT2D eigenvalue weighted by Gasteiger charge is -2.20. The van der Waals surface area contributed by atoms with Crippen molar-refractivity contribution in [2.24, 2.45) is 0 Å². The monoisotopic (exact) mass is 343 g/mol. The highest BCUT2D eigenvalue weighted by Crippen LogP contribution is 2.28. The van der Waals surface area contributed by atoms with Crippen molar-refractivity contribution in [3.63, 3.8) is 0 Å². The van der Waals surface area contributed by atoms with Crippen LogP contribution in [-0.2, 0) is 4.74 Å². The molecule has 1 amide bonds. The van der Waals surface area contributed by atoms with Gasteiger partial charge in [-0.2, -0.15) is 0 Å². The molecule has 0 saturated heterocycles. The standard InChI is InChI=1S/C19H25N3O3/c1-5-24-15-8-6-7-13(11-15)21-17-12-14(9-10-16(17)20)22-18(23)25-19(2,3)4/h6-12,21H,5,20H2,1-4H3,(H,22,23). The molecule has 0 bridgehead atoms. The van der Waals surface area contributed by atoms with Crippen LogP contribution in [0.1, 0.15) is 27.7 Å². The van der Waals surface area contributed by atoms with Crippen LogP contribution in [0.3, 0.4) is 0 Å². The summed E-state index contributed by atoms with van der Waals surface area (Å²) in [5, 5.41) is 5.94. The second kappa shape index (κ2) is 7.79. The minimum Gasteiger partial charge on any atom is -0.494 e. The number of carbonyl (C=O) groups excluding carboxylic acids is 1. The average Bonchev–Trinajstić information content (AvgIpc) is 2.49. The van der Waals surface area contributed by atoms with Gasteiger partial charge in [0.05, 0.1) is 18.0 Å². The third kappa shape index (κ3) is 5.91. The maximum absolute atomic E-state index is 11.9. The quantitative estimate of drug-likeness (QED) is 0.682. The molecule has 2 rings (SSSR count). The van der Waals surface area contributed by atoms with E-state index in [0.717, 1.165) is 11.4 Å². The van der Waals surface area contributed by atoms with Gasteiger partial charge in [0.15, 0.2) is 0 Å². The number of nitrogen functional groups attached to an aromatic ring is 1. The third-order valence-corrected chi connectivity index (χ3v) is 3.12. The second-order valence-electron chi connectivity index (χ2n) is 6.51. The zero-order valence-corrected chi connectivity index (χ0v) is 15.1. The molecule has 0 atom stereocenters. The van der Waals surface area contributed by atoms with Crippen LogP contribution < -0.4 is 21.1 Å². The van der Waals surface area contributed by atoms with E-state index in [2.05, 4.69) is 10.6 Å². The summed E-state index contributed by atoms with van der Waals surface area (Å²) in [7, 11) is 0. The summed E-state index contributed by atoms with van der Waals surface area (Å²) in [5.74, 6) is 0.772. The molecule has 0 saturated carbocycles. The topological polar surface area (TPSA) is 85.6 Å². The molecule has 4 N–H and O–H groups in total. The second-order valence-corrected chi connectivity index (χ2v) is 6.51. The predicted molar refractivity (Wildman–Crippen MR) is 102 cm³/mol. The van der Waals surface area contributed by atoms with Crippen LogP contribution in [0, 0.1) is 0 Å². The van der Waals surface area contributed by atoms with Gasteiger partial charge in [0.1, 0.15) is 11.4 Å². The normalized spacial score (nSPS) is 10.9. The van der Waals surface area contributed by atoms with E-state index in [9.17, 15) is 4.79 Å². The van der Waals surface area contributed by atoms with Crippen molar-refractivity contribution in [1.82, 2.24) is 0 Å². The first-order valence-electron chi connectivity index (χ1n) is 8.16. The number of rotatable bonds is 5. The third-order valence-electron chi connectivity index (χ3n) is 3.12. The van der Waals surface area contributed by atoms with Crippen LogP contribution in [0.2, 0.25) is 0 Å². The maximum atomic E-state index is 11.9. The number of hydrogen-bond acceptors (Lipinski definition) is 5. The van der Waals surface area contributed by atoms with Crippen molar-refractivity contribution < 1.29 is 14.3 Å². The lowest BCUT2D eigenvalue weighted by atomic mass is 10.2. The van der Waals surface area contributed by atoms with E-state index in [1.54, 1.807) is 18.2 Å². The molecule has 134 valence electrons. The van der Waals surface area contributed by atoms with Crippen molar-refractivity contribution in [3.05, 3.63) is 42.5 Å². The highest BCUT2D eigenvalue weighted by molar-refractivity contribution is 5.87. The Balaban J connectivity index is 2.13. The zero-order valence-electron chi connectivity index (χ0n) is 15.1. The van der Waals surface area contributed by atoms with E-state index in [4.69, 9.17) is 15.2 Å². The van der Waals surface area contributed by atoms with Crippen LogP contribution in [0.25, 0.3) is 0 Å². The van der Waals surface area contributed by atoms with Crippen LogP contribution in [0.5, 0.6) is 5.75 Å². The summed E-state index contributed by atoms with van der Waals surface area (Å²) >= 11 is 0. The molecule has 6 nitrogen and oxygen atoms in total.